The van der Waals surface area contributed by atoms with Crippen molar-refractivity contribution in [2.75, 3.05) is 27.3 Å². The zero-order valence-electron chi connectivity index (χ0n) is 7.79. The first kappa shape index (κ1) is 10.9. The van der Waals surface area contributed by atoms with Gasteiger partial charge in [-0.25, -0.2) is 4.99 Å². The van der Waals surface area contributed by atoms with Gasteiger partial charge >= 0.3 is 0 Å². The molecular weight excluding hydrogens is 152 g/mol. The predicted octanol–water partition coefficient (Wildman–Crippen LogP) is 1.29. The molecule has 0 rings (SSSR count). The number of aliphatic imine (C=N–C) groups is 1. The third-order valence-corrected chi connectivity index (χ3v) is 1.43. The molecule has 0 aliphatic carbocycles. The van der Waals surface area contributed by atoms with E-state index in [1.54, 1.807) is 13.2 Å². The molecule has 0 N–H and O–H groups in total. The second kappa shape index (κ2) is 6.61. The van der Waals surface area contributed by atoms with Gasteiger partial charge in [0.2, 0.25) is 0 Å². The molecule has 0 bridgehead atoms. The molecule has 0 atom stereocenters. The van der Waals surface area contributed by atoms with E-state index < -0.39 is 0 Å². The second-order valence-corrected chi connectivity index (χ2v) is 2.29. The van der Waals surface area contributed by atoms with Crippen molar-refractivity contribution in [3.63, 3.8) is 0 Å². The summed E-state index contributed by atoms with van der Waals surface area (Å²) in [5, 5.41) is 0. The molecule has 3 heteroatoms. The van der Waals surface area contributed by atoms with Crippen LogP contribution in [0.5, 0.6) is 0 Å². The van der Waals surface area contributed by atoms with Gasteiger partial charge in [0.05, 0.1) is 6.61 Å². The monoisotopic (exact) mass is 168 g/mol. The summed E-state index contributed by atoms with van der Waals surface area (Å²) in [5.74, 6) is 0.807. The van der Waals surface area contributed by atoms with Crippen molar-refractivity contribution in [2.45, 2.75) is 0 Å². The highest BCUT2D eigenvalue weighted by Gasteiger charge is 1.99. The SMILES string of the molecule is C=C/N=C(\C=C)N(C)CCOC. The van der Waals surface area contributed by atoms with E-state index in [9.17, 15) is 0 Å². The molecule has 0 amide bonds. The average molecular weight is 168 g/mol. The van der Waals surface area contributed by atoms with Crippen LogP contribution in [-0.4, -0.2) is 38.0 Å². The molecular formula is C9H16N2O. The number of hydrogen-bond donors (Lipinski definition) is 0. The summed E-state index contributed by atoms with van der Waals surface area (Å²) in [4.78, 5) is 5.98. The maximum absolute atomic E-state index is 4.93. The van der Waals surface area contributed by atoms with Crippen LogP contribution in [0.1, 0.15) is 0 Å². The van der Waals surface area contributed by atoms with Crippen molar-refractivity contribution >= 4 is 5.84 Å². The number of amidine groups is 1. The molecule has 0 saturated heterocycles. The summed E-state index contributed by atoms with van der Waals surface area (Å²) in [6.45, 7) is 8.65. The van der Waals surface area contributed by atoms with Gasteiger partial charge in [-0.15, -0.1) is 0 Å². The molecule has 0 spiro atoms. The van der Waals surface area contributed by atoms with Crippen LogP contribution >= 0.6 is 0 Å². The van der Waals surface area contributed by atoms with E-state index in [4.69, 9.17) is 4.74 Å². The largest absolute Gasteiger partial charge is 0.383 e. The number of likely N-dealkylation sites (N-methyl/N-ethyl adjacent to an activating group) is 1. The minimum Gasteiger partial charge on any atom is -0.383 e. The molecule has 0 aliphatic rings. The van der Waals surface area contributed by atoms with Gasteiger partial charge < -0.3 is 9.64 Å². The average Bonchev–Trinajstić information content (AvgIpc) is 2.10. The summed E-state index contributed by atoms with van der Waals surface area (Å²) in [5.41, 5.74) is 0. The molecule has 0 saturated carbocycles. The van der Waals surface area contributed by atoms with Gasteiger partial charge in [-0.1, -0.05) is 13.2 Å². The van der Waals surface area contributed by atoms with Crippen LogP contribution in [0, 0.1) is 0 Å². The van der Waals surface area contributed by atoms with E-state index in [1.165, 1.54) is 6.20 Å². The highest BCUT2D eigenvalue weighted by atomic mass is 16.5. The molecule has 68 valence electrons. The topological polar surface area (TPSA) is 24.8 Å². The van der Waals surface area contributed by atoms with E-state index in [2.05, 4.69) is 18.2 Å². The normalized spacial score (nSPS) is 11.0. The molecule has 12 heavy (non-hydrogen) atoms. The van der Waals surface area contributed by atoms with Gasteiger partial charge in [0.15, 0.2) is 0 Å². The highest BCUT2D eigenvalue weighted by molar-refractivity contribution is 5.92. The van der Waals surface area contributed by atoms with Crippen LogP contribution in [-0.2, 0) is 4.74 Å². The van der Waals surface area contributed by atoms with E-state index in [-0.39, 0.29) is 0 Å². The number of hydrogen-bond acceptors (Lipinski definition) is 2. The Hall–Kier alpha value is -1.09. The standard InChI is InChI=1S/C9H16N2O/c1-5-9(10-6-2)11(3)7-8-12-4/h5-6H,1-2,7-8H2,3-4H3/b10-9+. The quantitative estimate of drug-likeness (QED) is 0.456. The fraction of sp³-hybridized carbons (Fsp3) is 0.444. The Morgan fingerprint density at radius 1 is 1.58 bits per heavy atom. The van der Waals surface area contributed by atoms with Crippen LogP contribution in [0.4, 0.5) is 0 Å². The minimum atomic E-state index is 0.681. The highest BCUT2D eigenvalue weighted by Crippen LogP contribution is 1.90. The summed E-state index contributed by atoms with van der Waals surface area (Å²) in [6, 6.07) is 0. The zero-order chi connectivity index (χ0) is 9.40. The Kier molecular flexibility index (Phi) is 6.01. The summed E-state index contributed by atoms with van der Waals surface area (Å²) in [7, 11) is 3.61. The van der Waals surface area contributed by atoms with Gasteiger partial charge in [0, 0.05) is 26.9 Å². The Balaban J connectivity index is 4.02. The number of rotatable bonds is 5. The Labute approximate surface area is 74.0 Å². The molecule has 0 aromatic heterocycles. The lowest BCUT2D eigenvalue weighted by molar-refractivity contribution is 0.183. The lowest BCUT2D eigenvalue weighted by Crippen LogP contribution is -2.28. The smallest absolute Gasteiger partial charge is 0.127 e. The van der Waals surface area contributed by atoms with Gasteiger partial charge in [0.25, 0.3) is 0 Å². The van der Waals surface area contributed by atoms with Gasteiger partial charge in [0.1, 0.15) is 5.84 Å². The lowest BCUT2D eigenvalue weighted by Gasteiger charge is -2.17. The van der Waals surface area contributed by atoms with E-state index in [0.29, 0.717) is 6.61 Å². The molecule has 3 nitrogen and oxygen atoms in total. The van der Waals surface area contributed by atoms with Crippen LogP contribution < -0.4 is 0 Å². The maximum atomic E-state index is 4.93. The second-order valence-electron chi connectivity index (χ2n) is 2.29. The molecule has 0 unspecified atom stereocenters. The van der Waals surface area contributed by atoms with E-state index in [0.717, 1.165) is 12.4 Å². The predicted molar refractivity (Wildman–Crippen MR) is 52.3 cm³/mol. The third kappa shape index (κ3) is 3.93. The van der Waals surface area contributed by atoms with Crippen molar-refractivity contribution in [1.29, 1.82) is 0 Å². The zero-order valence-corrected chi connectivity index (χ0v) is 7.79. The van der Waals surface area contributed by atoms with Crippen LogP contribution in [0.25, 0.3) is 0 Å². The molecule has 0 aromatic carbocycles. The van der Waals surface area contributed by atoms with Gasteiger partial charge in [-0.05, 0) is 6.08 Å². The molecule has 0 fully saturated rings. The van der Waals surface area contributed by atoms with Crippen molar-refractivity contribution < 1.29 is 4.74 Å². The first-order valence-electron chi connectivity index (χ1n) is 3.77. The van der Waals surface area contributed by atoms with Gasteiger partial charge in [-0.3, -0.25) is 0 Å². The fourth-order valence-electron chi connectivity index (χ4n) is 0.743. The number of methoxy groups -OCH3 is 1. The number of ether oxygens (including phenoxy) is 1. The minimum absolute atomic E-state index is 0.681. The summed E-state index contributed by atoms with van der Waals surface area (Å²) < 4.78 is 4.93. The third-order valence-electron chi connectivity index (χ3n) is 1.43. The first-order valence-corrected chi connectivity index (χ1v) is 3.77. The maximum Gasteiger partial charge on any atom is 0.127 e. The Morgan fingerprint density at radius 2 is 2.25 bits per heavy atom. The van der Waals surface area contributed by atoms with Crippen molar-refractivity contribution in [1.82, 2.24) is 4.90 Å². The van der Waals surface area contributed by atoms with Crippen molar-refractivity contribution in [3.05, 3.63) is 25.4 Å². The van der Waals surface area contributed by atoms with Crippen LogP contribution in [0.3, 0.4) is 0 Å². The van der Waals surface area contributed by atoms with Crippen LogP contribution in [0.2, 0.25) is 0 Å². The molecule has 0 aliphatic heterocycles. The van der Waals surface area contributed by atoms with E-state index in [1.807, 2.05) is 11.9 Å². The summed E-state index contributed by atoms with van der Waals surface area (Å²) in [6.07, 6.45) is 3.19. The molecule has 0 radical (unpaired) electrons. The van der Waals surface area contributed by atoms with Crippen LogP contribution in [0.15, 0.2) is 30.4 Å². The van der Waals surface area contributed by atoms with E-state index >= 15 is 0 Å². The van der Waals surface area contributed by atoms with Crippen molar-refractivity contribution in [2.24, 2.45) is 4.99 Å². The molecule has 0 heterocycles. The summed E-state index contributed by atoms with van der Waals surface area (Å²) >= 11 is 0. The Morgan fingerprint density at radius 3 is 2.67 bits per heavy atom. The number of nitrogens with zero attached hydrogens (tertiary/aromatic N) is 2. The lowest BCUT2D eigenvalue weighted by atomic mass is 10.4. The Bertz CT molecular complexity index is 175. The first-order chi connectivity index (χ1) is 5.76. The van der Waals surface area contributed by atoms with Crippen molar-refractivity contribution in [3.8, 4) is 0 Å². The van der Waals surface area contributed by atoms with Gasteiger partial charge in [-0.2, -0.15) is 0 Å². The fourth-order valence-corrected chi connectivity index (χ4v) is 0.743. The molecule has 0 aromatic rings.